The first-order valence-corrected chi connectivity index (χ1v) is 10.4. The van der Waals surface area contributed by atoms with E-state index in [9.17, 15) is 4.79 Å². The molecule has 0 fully saturated rings. The Morgan fingerprint density at radius 1 is 0.875 bits per heavy atom. The smallest absolute Gasteiger partial charge is 0.267 e. The van der Waals surface area contributed by atoms with E-state index in [1.807, 2.05) is 54.6 Å². The molecule has 0 amide bonds. The van der Waals surface area contributed by atoms with Crippen molar-refractivity contribution in [2.75, 3.05) is 0 Å². The van der Waals surface area contributed by atoms with Gasteiger partial charge in [-0.15, -0.1) is 0 Å². The molecule has 0 atom stereocenters. The quantitative estimate of drug-likeness (QED) is 0.441. The number of rotatable bonds is 4. The summed E-state index contributed by atoms with van der Waals surface area (Å²) >= 11 is 6.01. The number of nitrogens with two attached hydrogens (primary N) is 1. The minimum atomic E-state index is -0.192. The Kier molecular flexibility index (Phi) is 5.23. The summed E-state index contributed by atoms with van der Waals surface area (Å²) in [5.74, 6) is 0.953. The molecule has 2 aromatic carbocycles. The van der Waals surface area contributed by atoms with Gasteiger partial charge in [-0.05, 0) is 35.9 Å². The molecule has 0 aliphatic carbocycles. The summed E-state index contributed by atoms with van der Waals surface area (Å²) in [5.41, 5.74) is 9.85. The van der Waals surface area contributed by atoms with E-state index in [-0.39, 0.29) is 5.56 Å². The summed E-state index contributed by atoms with van der Waals surface area (Å²) in [4.78, 5) is 26.9. The van der Waals surface area contributed by atoms with Gasteiger partial charge in [0.2, 0.25) is 0 Å². The molecule has 7 heteroatoms. The van der Waals surface area contributed by atoms with Crippen molar-refractivity contribution in [3.05, 3.63) is 106 Å². The van der Waals surface area contributed by atoms with Gasteiger partial charge >= 0.3 is 0 Å². The van der Waals surface area contributed by atoms with Crippen LogP contribution in [0.4, 0.5) is 0 Å². The fourth-order valence-corrected chi connectivity index (χ4v) is 3.81. The van der Waals surface area contributed by atoms with Crippen molar-refractivity contribution in [2.24, 2.45) is 5.73 Å². The molecular weight excluding hydrogens is 422 g/mol. The van der Waals surface area contributed by atoms with Crippen LogP contribution in [-0.2, 0) is 6.54 Å². The zero-order valence-electron chi connectivity index (χ0n) is 16.9. The molecule has 156 valence electrons. The first kappa shape index (κ1) is 20.1. The average Bonchev–Trinajstić information content (AvgIpc) is 2.85. The third kappa shape index (κ3) is 3.56. The second-order valence-electron chi connectivity index (χ2n) is 7.21. The number of nitrogens with zero attached hydrogens (tertiary/aromatic N) is 4. The molecule has 0 bridgehead atoms. The Hall–Kier alpha value is -3.87. The monoisotopic (exact) mass is 439 g/mol. The summed E-state index contributed by atoms with van der Waals surface area (Å²) < 4.78 is 1.52. The van der Waals surface area contributed by atoms with Gasteiger partial charge in [0, 0.05) is 30.1 Å². The second-order valence-corrected chi connectivity index (χ2v) is 7.64. The average molecular weight is 440 g/mol. The van der Waals surface area contributed by atoms with Crippen LogP contribution in [0.3, 0.4) is 0 Å². The molecule has 0 saturated heterocycles. The molecule has 0 unspecified atom stereocenters. The van der Waals surface area contributed by atoms with Gasteiger partial charge in [-0.1, -0.05) is 54.1 Å². The van der Waals surface area contributed by atoms with Crippen LogP contribution in [-0.4, -0.2) is 19.5 Å². The summed E-state index contributed by atoms with van der Waals surface area (Å²) in [6.07, 6.45) is 3.25. The van der Waals surface area contributed by atoms with E-state index >= 15 is 0 Å². The number of benzene rings is 2. The van der Waals surface area contributed by atoms with Gasteiger partial charge < -0.3 is 5.73 Å². The Labute approximate surface area is 189 Å². The van der Waals surface area contributed by atoms with E-state index in [0.29, 0.717) is 34.1 Å². The van der Waals surface area contributed by atoms with Gasteiger partial charge in [-0.25, -0.2) is 14.5 Å². The summed E-state index contributed by atoms with van der Waals surface area (Å²) in [6, 6.07) is 22.4. The van der Waals surface area contributed by atoms with Crippen molar-refractivity contribution in [1.82, 2.24) is 19.5 Å². The first-order valence-electron chi connectivity index (χ1n) is 10.0. The van der Waals surface area contributed by atoms with Crippen molar-refractivity contribution < 1.29 is 0 Å². The van der Waals surface area contributed by atoms with Crippen LogP contribution in [0.15, 0.2) is 90.0 Å². The number of halogens is 1. The molecule has 6 nitrogen and oxygen atoms in total. The van der Waals surface area contributed by atoms with Crippen LogP contribution in [0.25, 0.3) is 39.2 Å². The van der Waals surface area contributed by atoms with Crippen molar-refractivity contribution in [2.45, 2.75) is 6.54 Å². The predicted octanol–water partition coefficient (Wildman–Crippen LogP) is 4.62. The van der Waals surface area contributed by atoms with E-state index < -0.39 is 0 Å². The number of pyridine rings is 2. The summed E-state index contributed by atoms with van der Waals surface area (Å²) in [6.45, 7) is 0.353. The van der Waals surface area contributed by atoms with Gasteiger partial charge in [0.15, 0.2) is 0 Å². The molecule has 3 heterocycles. The van der Waals surface area contributed by atoms with Gasteiger partial charge in [0.1, 0.15) is 11.6 Å². The van der Waals surface area contributed by atoms with Crippen molar-refractivity contribution in [3.8, 4) is 28.3 Å². The van der Waals surface area contributed by atoms with Gasteiger partial charge in [-0.2, -0.15) is 0 Å². The summed E-state index contributed by atoms with van der Waals surface area (Å²) in [5, 5.41) is 1.01. The minimum Gasteiger partial charge on any atom is -0.325 e. The van der Waals surface area contributed by atoms with Crippen molar-refractivity contribution >= 4 is 22.5 Å². The highest BCUT2D eigenvalue weighted by Gasteiger charge is 2.16. The van der Waals surface area contributed by atoms with Gasteiger partial charge in [-0.3, -0.25) is 9.78 Å². The lowest BCUT2D eigenvalue weighted by Gasteiger charge is -2.14. The third-order valence-corrected chi connectivity index (χ3v) is 5.48. The maximum Gasteiger partial charge on any atom is 0.267 e. The standard InChI is InChI=1S/C25H18ClN5O/c26-18-11-12-23(29-15-18)31-24(30-21-6-2-1-4-20(21)25(31)32)17-9-7-16(8-10-17)19-5-3-13-28-22(19)14-27/h1-13,15H,14,27H2. The maximum atomic E-state index is 13.4. The Balaban J connectivity index is 1.70. The van der Waals surface area contributed by atoms with E-state index in [4.69, 9.17) is 22.3 Å². The van der Waals surface area contributed by atoms with Crippen LogP contribution in [0.5, 0.6) is 0 Å². The zero-order valence-corrected chi connectivity index (χ0v) is 17.7. The zero-order chi connectivity index (χ0) is 22.1. The van der Waals surface area contributed by atoms with Crippen LogP contribution in [0, 0.1) is 0 Å². The Morgan fingerprint density at radius 3 is 2.41 bits per heavy atom. The molecule has 2 N–H and O–H groups in total. The number of fused-ring (bicyclic) bond motifs is 1. The van der Waals surface area contributed by atoms with E-state index in [1.54, 1.807) is 24.4 Å². The molecule has 0 spiro atoms. The normalized spacial score (nSPS) is 11.1. The van der Waals surface area contributed by atoms with E-state index in [2.05, 4.69) is 9.97 Å². The van der Waals surface area contributed by atoms with Crippen molar-refractivity contribution in [1.29, 1.82) is 0 Å². The SMILES string of the molecule is NCc1ncccc1-c1ccc(-c2nc3ccccc3c(=O)n2-c2ccc(Cl)cn2)cc1. The van der Waals surface area contributed by atoms with E-state index in [1.165, 1.54) is 10.8 Å². The summed E-state index contributed by atoms with van der Waals surface area (Å²) in [7, 11) is 0. The van der Waals surface area contributed by atoms with Crippen LogP contribution < -0.4 is 11.3 Å². The number of para-hydroxylation sites is 1. The first-order chi connectivity index (χ1) is 15.7. The largest absolute Gasteiger partial charge is 0.325 e. The van der Waals surface area contributed by atoms with Crippen LogP contribution in [0.2, 0.25) is 5.02 Å². The minimum absolute atomic E-state index is 0.192. The maximum absolute atomic E-state index is 13.4. The molecule has 0 aliphatic rings. The highest BCUT2D eigenvalue weighted by atomic mass is 35.5. The molecule has 32 heavy (non-hydrogen) atoms. The van der Waals surface area contributed by atoms with Crippen LogP contribution in [0.1, 0.15) is 5.69 Å². The molecule has 0 saturated carbocycles. The number of aromatic nitrogens is 4. The molecule has 3 aromatic heterocycles. The molecule has 0 aliphatic heterocycles. The van der Waals surface area contributed by atoms with Crippen molar-refractivity contribution in [3.63, 3.8) is 0 Å². The fraction of sp³-hybridized carbons (Fsp3) is 0.0400. The van der Waals surface area contributed by atoms with Gasteiger partial charge in [0.25, 0.3) is 5.56 Å². The molecular formula is C25H18ClN5O. The van der Waals surface area contributed by atoms with E-state index in [0.717, 1.165) is 22.4 Å². The number of hydrogen-bond acceptors (Lipinski definition) is 5. The lowest BCUT2D eigenvalue weighted by atomic mass is 10.0. The topological polar surface area (TPSA) is 86.7 Å². The molecule has 0 radical (unpaired) electrons. The molecule has 5 rings (SSSR count). The highest BCUT2D eigenvalue weighted by Crippen LogP contribution is 2.27. The lowest BCUT2D eigenvalue weighted by Crippen LogP contribution is -2.22. The number of hydrogen-bond donors (Lipinski definition) is 1. The predicted molar refractivity (Wildman–Crippen MR) is 127 cm³/mol. The lowest BCUT2D eigenvalue weighted by molar-refractivity contribution is 0.932. The van der Waals surface area contributed by atoms with Gasteiger partial charge in [0.05, 0.1) is 21.6 Å². The fourth-order valence-electron chi connectivity index (χ4n) is 3.70. The highest BCUT2D eigenvalue weighted by molar-refractivity contribution is 6.30. The Bertz CT molecular complexity index is 1480. The van der Waals surface area contributed by atoms with Crippen LogP contribution >= 0.6 is 11.6 Å². The third-order valence-electron chi connectivity index (χ3n) is 5.25. The molecule has 5 aromatic rings. The Morgan fingerprint density at radius 2 is 1.66 bits per heavy atom. The second kappa shape index (κ2) is 8.34.